The maximum absolute atomic E-state index is 13.5. The smallest absolute Gasteiger partial charge is 0.312 e. The van der Waals surface area contributed by atoms with Crippen LogP contribution in [0.25, 0.3) is 0 Å². The molecule has 2 rings (SSSR count). The molecule has 0 unspecified atom stereocenters. The molecule has 0 aromatic heterocycles. The molecule has 2 aromatic carbocycles. The number of benzene rings is 2. The van der Waals surface area contributed by atoms with Gasteiger partial charge in [-0.05, 0) is 49.5 Å². The van der Waals surface area contributed by atoms with E-state index >= 15 is 0 Å². The fourth-order valence-electron chi connectivity index (χ4n) is 2.57. The number of carbonyl (C=O) groups excluding carboxylic acids is 2. The highest BCUT2D eigenvalue weighted by molar-refractivity contribution is 5.94. The summed E-state index contributed by atoms with van der Waals surface area (Å²) in [6.45, 7) is 0.653. The maximum Gasteiger partial charge on any atom is 0.312 e. The summed E-state index contributed by atoms with van der Waals surface area (Å²) >= 11 is 0. The molecule has 0 aliphatic heterocycles. The fraction of sp³-hybridized carbons (Fsp3) is 0.263. The van der Waals surface area contributed by atoms with Gasteiger partial charge in [-0.25, -0.2) is 9.18 Å². The Hall–Kier alpha value is -2.93. The Morgan fingerprint density at radius 2 is 1.81 bits per heavy atom. The number of likely N-dealkylation sites (N-methyl/N-ethyl adjacent to an activating group) is 1. The lowest BCUT2D eigenvalue weighted by Gasteiger charge is -2.25. The second-order valence-corrected chi connectivity index (χ2v) is 6.16. The van der Waals surface area contributed by atoms with Crippen LogP contribution in [0, 0.1) is 5.82 Å². The summed E-state index contributed by atoms with van der Waals surface area (Å²) < 4.78 is 13.5. The first-order valence-corrected chi connectivity index (χ1v) is 8.19. The molecule has 26 heavy (non-hydrogen) atoms. The first-order valence-electron chi connectivity index (χ1n) is 8.19. The van der Waals surface area contributed by atoms with Gasteiger partial charge in [-0.15, -0.1) is 0 Å². The minimum Gasteiger partial charge on any atom is -0.352 e. The van der Waals surface area contributed by atoms with Crippen molar-refractivity contribution in [3.8, 4) is 0 Å². The average molecular weight is 358 g/mol. The van der Waals surface area contributed by atoms with Gasteiger partial charge in [0.1, 0.15) is 5.82 Å². The van der Waals surface area contributed by atoms with E-state index in [9.17, 15) is 14.0 Å². The minimum absolute atomic E-state index is 0.145. The summed E-state index contributed by atoms with van der Waals surface area (Å²) in [5.74, 6) is -0.525. The van der Waals surface area contributed by atoms with Crippen molar-refractivity contribution in [3.63, 3.8) is 0 Å². The molecule has 0 spiro atoms. The third-order valence-electron chi connectivity index (χ3n) is 4.00. The zero-order chi connectivity index (χ0) is 19.1. The predicted octanol–water partition coefficient (Wildman–Crippen LogP) is 2.03. The second kappa shape index (κ2) is 8.96. The molecule has 0 heterocycles. The van der Waals surface area contributed by atoms with Crippen molar-refractivity contribution in [2.75, 3.05) is 20.6 Å². The third-order valence-corrected chi connectivity index (χ3v) is 4.00. The summed E-state index contributed by atoms with van der Waals surface area (Å²) in [6, 6.07) is 12.5. The highest BCUT2D eigenvalue weighted by Gasteiger charge is 2.16. The molecule has 6 nitrogen and oxygen atoms in total. The molecule has 0 saturated heterocycles. The van der Waals surface area contributed by atoms with Gasteiger partial charge in [0.05, 0.1) is 6.04 Å². The van der Waals surface area contributed by atoms with Crippen LogP contribution in [0.1, 0.15) is 27.5 Å². The summed E-state index contributed by atoms with van der Waals surface area (Å²) in [6.07, 6.45) is 0. The molecule has 3 amide bonds. The van der Waals surface area contributed by atoms with Gasteiger partial charge in [-0.3, -0.25) is 4.79 Å². The van der Waals surface area contributed by atoms with Gasteiger partial charge in [0.25, 0.3) is 5.91 Å². The predicted molar refractivity (Wildman–Crippen MR) is 98.0 cm³/mol. The van der Waals surface area contributed by atoms with E-state index in [1.54, 1.807) is 30.3 Å². The molecule has 0 saturated carbocycles. The molecule has 2 aromatic rings. The number of rotatable bonds is 7. The fourth-order valence-corrected chi connectivity index (χ4v) is 2.57. The van der Waals surface area contributed by atoms with E-state index in [1.165, 1.54) is 12.1 Å². The molecule has 138 valence electrons. The van der Waals surface area contributed by atoms with Crippen LogP contribution >= 0.6 is 0 Å². The van der Waals surface area contributed by atoms with E-state index in [-0.39, 0.29) is 17.8 Å². The third kappa shape index (κ3) is 5.56. The molecular weight excluding hydrogens is 335 g/mol. The van der Waals surface area contributed by atoms with Crippen LogP contribution in [0.15, 0.2) is 48.5 Å². The van der Waals surface area contributed by atoms with Crippen LogP contribution in [0.2, 0.25) is 0 Å². The first-order chi connectivity index (χ1) is 12.4. The molecule has 0 bridgehead atoms. The van der Waals surface area contributed by atoms with Gasteiger partial charge in [0.2, 0.25) is 0 Å². The van der Waals surface area contributed by atoms with E-state index in [0.29, 0.717) is 18.7 Å². The van der Waals surface area contributed by atoms with E-state index < -0.39 is 6.03 Å². The van der Waals surface area contributed by atoms with E-state index in [0.717, 1.165) is 11.1 Å². The summed E-state index contributed by atoms with van der Waals surface area (Å²) in [7, 11) is 3.75. The normalized spacial score (nSPS) is 11.8. The minimum atomic E-state index is -0.598. The Morgan fingerprint density at radius 1 is 1.12 bits per heavy atom. The number of amides is 3. The Labute approximate surface area is 152 Å². The lowest BCUT2D eigenvalue weighted by atomic mass is 10.1. The maximum atomic E-state index is 13.5. The van der Waals surface area contributed by atoms with E-state index in [1.807, 2.05) is 25.1 Å². The zero-order valence-corrected chi connectivity index (χ0v) is 14.8. The Balaban J connectivity index is 1.98. The SMILES string of the molecule is CN(C)[C@H](CNC(=O)c1ccc(CNC(N)=O)cc1)c1cccc(F)c1. The molecule has 7 heteroatoms. The molecule has 0 aliphatic rings. The number of nitrogens with zero attached hydrogens (tertiary/aromatic N) is 1. The summed E-state index contributed by atoms with van der Waals surface area (Å²) in [5, 5.41) is 5.36. The van der Waals surface area contributed by atoms with Crippen LogP contribution in [-0.2, 0) is 6.54 Å². The van der Waals surface area contributed by atoms with Crippen LogP contribution < -0.4 is 16.4 Å². The largest absolute Gasteiger partial charge is 0.352 e. The standard InChI is InChI=1S/C19H23FN4O2/c1-24(2)17(15-4-3-5-16(20)10-15)12-22-18(25)14-8-6-13(7-9-14)11-23-19(21)26/h3-10,17H,11-12H2,1-2H3,(H,22,25)(H3,21,23,26)/t17-/m1/s1. The average Bonchev–Trinajstić information content (AvgIpc) is 2.60. The number of nitrogens with one attached hydrogen (secondary N) is 2. The molecule has 0 fully saturated rings. The van der Waals surface area contributed by atoms with E-state index in [4.69, 9.17) is 5.73 Å². The molecular formula is C19H23FN4O2. The van der Waals surface area contributed by atoms with Crippen LogP contribution in [0.3, 0.4) is 0 Å². The van der Waals surface area contributed by atoms with Crippen molar-refractivity contribution in [1.82, 2.24) is 15.5 Å². The lowest BCUT2D eigenvalue weighted by molar-refractivity contribution is 0.0942. The number of halogens is 1. The Kier molecular flexibility index (Phi) is 6.68. The van der Waals surface area contributed by atoms with Crippen molar-refractivity contribution in [2.24, 2.45) is 5.73 Å². The number of carbonyl (C=O) groups is 2. The van der Waals surface area contributed by atoms with Crippen LogP contribution in [0.5, 0.6) is 0 Å². The number of primary amides is 1. The second-order valence-electron chi connectivity index (χ2n) is 6.16. The van der Waals surface area contributed by atoms with Crippen molar-refractivity contribution in [2.45, 2.75) is 12.6 Å². The summed E-state index contributed by atoms with van der Waals surface area (Å²) in [4.78, 5) is 25.0. The van der Waals surface area contributed by atoms with Crippen molar-refractivity contribution >= 4 is 11.9 Å². The highest BCUT2D eigenvalue weighted by Crippen LogP contribution is 2.18. The van der Waals surface area contributed by atoms with Gasteiger partial charge in [-0.2, -0.15) is 0 Å². The number of nitrogens with two attached hydrogens (primary N) is 1. The summed E-state index contributed by atoms with van der Waals surface area (Å²) in [5.41, 5.74) is 7.16. The number of hydrogen-bond acceptors (Lipinski definition) is 3. The first kappa shape index (κ1) is 19.4. The lowest BCUT2D eigenvalue weighted by Crippen LogP contribution is -2.34. The quantitative estimate of drug-likeness (QED) is 0.708. The van der Waals surface area contributed by atoms with Gasteiger partial charge in [0.15, 0.2) is 0 Å². The van der Waals surface area contributed by atoms with Crippen molar-refractivity contribution < 1.29 is 14.0 Å². The van der Waals surface area contributed by atoms with Gasteiger partial charge >= 0.3 is 6.03 Å². The van der Waals surface area contributed by atoms with Crippen molar-refractivity contribution in [1.29, 1.82) is 0 Å². The van der Waals surface area contributed by atoms with Crippen LogP contribution in [-0.4, -0.2) is 37.5 Å². The monoisotopic (exact) mass is 358 g/mol. The van der Waals surface area contributed by atoms with Gasteiger partial charge in [0, 0.05) is 18.7 Å². The Morgan fingerprint density at radius 3 is 2.38 bits per heavy atom. The van der Waals surface area contributed by atoms with E-state index in [2.05, 4.69) is 10.6 Å². The topological polar surface area (TPSA) is 87.5 Å². The molecule has 4 N–H and O–H groups in total. The van der Waals surface area contributed by atoms with Gasteiger partial charge in [-0.1, -0.05) is 24.3 Å². The molecule has 1 atom stereocenters. The molecule has 0 aliphatic carbocycles. The zero-order valence-electron chi connectivity index (χ0n) is 14.8. The molecule has 0 radical (unpaired) electrons. The van der Waals surface area contributed by atoms with Crippen molar-refractivity contribution in [3.05, 3.63) is 71.0 Å². The number of hydrogen-bond donors (Lipinski definition) is 3. The number of urea groups is 1. The van der Waals surface area contributed by atoms with Gasteiger partial charge < -0.3 is 21.3 Å². The Bertz CT molecular complexity index is 762. The highest BCUT2D eigenvalue weighted by atomic mass is 19.1. The van der Waals surface area contributed by atoms with Crippen LogP contribution in [0.4, 0.5) is 9.18 Å².